The Balaban J connectivity index is 2.02. The van der Waals surface area contributed by atoms with E-state index >= 15 is 0 Å². The van der Waals surface area contributed by atoms with Gasteiger partial charge in [-0.3, -0.25) is 19.4 Å². The van der Waals surface area contributed by atoms with Crippen LogP contribution in [0.4, 0.5) is 15.3 Å². The third-order valence-electron chi connectivity index (χ3n) is 7.62. The normalized spacial score (nSPS) is 12.0. The van der Waals surface area contributed by atoms with Crippen LogP contribution in [0.25, 0.3) is 32.7 Å². The summed E-state index contributed by atoms with van der Waals surface area (Å²) in [5, 5.41) is 32.0. The maximum atomic E-state index is 14.1. The van der Waals surface area contributed by atoms with Crippen molar-refractivity contribution in [3.05, 3.63) is 48.6 Å². The molecule has 18 nitrogen and oxygen atoms in total. The number of aromatic nitrogens is 2. The maximum absolute atomic E-state index is 14.1. The molecule has 18 heteroatoms. The molecule has 0 saturated carbocycles. The van der Waals surface area contributed by atoms with Crippen molar-refractivity contribution in [2.45, 2.75) is 26.7 Å². The lowest BCUT2D eigenvalue weighted by Crippen LogP contribution is -2.42. The van der Waals surface area contributed by atoms with E-state index < -0.39 is 34.7 Å². The Kier molecular flexibility index (Phi) is 15.2. The van der Waals surface area contributed by atoms with E-state index in [2.05, 4.69) is 10.3 Å². The summed E-state index contributed by atoms with van der Waals surface area (Å²) in [6.07, 6.45) is -1.01. The van der Waals surface area contributed by atoms with Crippen molar-refractivity contribution in [2.24, 2.45) is 4.99 Å². The molecule has 2 heterocycles. The first-order chi connectivity index (χ1) is 25.2. The van der Waals surface area contributed by atoms with E-state index in [9.17, 15) is 29.1 Å². The summed E-state index contributed by atoms with van der Waals surface area (Å²) >= 11 is 0. The van der Waals surface area contributed by atoms with Crippen LogP contribution in [0, 0.1) is 0 Å². The van der Waals surface area contributed by atoms with Crippen LogP contribution in [0.5, 0.6) is 5.88 Å². The molecule has 284 valence electrons. The SMILES string of the molecule is CCCOCCOC(=O)n1c(O)c2cc(NCCOCCO)c3c4c2c(c(=NCCOCCO)cc-4c(=O)n(C(=O)OCCOCCC)c3=O)c1=O. The Morgan fingerprint density at radius 3 is 1.88 bits per heavy atom. The molecule has 0 fully saturated rings. The minimum atomic E-state index is -1.26. The third kappa shape index (κ3) is 9.01. The first kappa shape index (κ1) is 40.1. The monoisotopic (exact) mass is 732 g/mol. The fourth-order valence-electron chi connectivity index (χ4n) is 5.48. The van der Waals surface area contributed by atoms with E-state index in [-0.39, 0.29) is 123 Å². The van der Waals surface area contributed by atoms with Crippen molar-refractivity contribution in [3.63, 3.8) is 0 Å². The zero-order chi connectivity index (χ0) is 37.6. The molecule has 0 amide bonds. The molecule has 1 aromatic heterocycles. The van der Waals surface area contributed by atoms with Gasteiger partial charge in [0.25, 0.3) is 16.7 Å². The van der Waals surface area contributed by atoms with Crippen LogP contribution >= 0.6 is 0 Å². The zero-order valence-electron chi connectivity index (χ0n) is 29.1. The topological polar surface area (TPSA) is 236 Å². The van der Waals surface area contributed by atoms with Gasteiger partial charge in [-0.15, -0.1) is 0 Å². The van der Waals surface area contributed by atoms with E-state index in [1.54, 1.807) is 0 Å². The van der Waals surface area contributed by atoms with Crippen molar-refractivity contribution in [1.82, 2.24) is 9.13 Å². The molecule has 0 unspecified atom stereocenters. The van der Waals surface area contributed by atoms with Gasteiger partial charge in [-0.05, 0) is 25.0 Å². The Morgan fingerprint density at radius 2 is 1.27 bits per heavy atom. The number of aliphatic hydroxyl groups is 2. The number of aliphatic hydroxyl groups excluding tert-OH is 2. The molecule has 1 aromatic carbocycles. The molecule has 52 heavy (non-hydrogen) atoms. The number of carbonyl (C=O) groups is 2. The molecular formula is C34H44N4O14. The van der Waals surface area contributed by atoms with Gasteiger partial charge in [0.2, 0.25) is 5.88 Å². The standard InChI is InChI=1S/C34H44N4O14/c1-3-9-47-15-17-51-33(45)37-29(41)21-19-24(36-6-12-50-14-8-40)28-26-22(30(42)38(32(28)44)34(46)52-18-16-48-10-4-2)20-23(27(25(21)26)31(37)43)35-5-11-49-13-7-39/h19-20,35,39-40,42H,3-18H2,1-2H3. The number of benzene rings is 2. The molecule has 0 spiro atoms. The third-order valence-corrected chi connectivity index (χ3v) is 7.62. The number of anilines is 1. The van der Waals surface area contributed by atoms with Crippen LogP contribution in [0.15, 0.2) is 31.5 Å². The van der Waals surface area contributed by atoms with Crippen LogP contribution < -0.4 is 27.4 Å². The number of hydrogen-bond acceptors (Lipinski definition) is 16. The maximum Gasteiger partial charge on any atom is 0.424 e. The molecule has 0 bridgehead atoms. The summed E-state index contributed by atoms with van der Waals surface area (Å²) in [5.41, 5.74) is -3.47. The van der Waals surface area contributed by atoms with Crippen LogP contribution in [0.3, 0.4) is 0 Å². The quantitative estimate of drug-likeness (QED) is 0.0675. The molecule has 1 aliphatic carbocycles. The highest BCUT2D eigenvalue weighted by molar-refractivity contribution is 6.19. The summed E-state index contributed by atoms with van der Waals surface area (Å²) in [4.78, 5) is 73.3. The van der Waals surface area contributed by atoms with E-state index in [1.165, 1.54) is 12.1 Å². The zero-order valence-corrected chi connectivity index (χ0v) is 29.1. The number of nitrogens with zero attached hydrogens (tertiary/aromatic N) is 3. The first-order valence-electron chi connectivity index (χ1n) is 17.0. The minimum absolute atomic E-state index is 0.00670. The number of nitrogens with one attached hydrogen (secondary N) is 1. The molecule has 0 saturated heterocycles. The Labute approximate surface area is 296 Å². The van der Waals surface area contributed by atoms with Crippen LogP contribution in [0.2, 0.25) is 0 Å². The molecule has 4 N–H and O–H groups in total. The Hall–Kier alpha value is -4.72. The number of ether oxygens (including phenoxy) is 6. The summed E-state index contributed by atoms with van der Waals surface area (Å²) in [6, 6.07) is 2.51. The van der Waals surface area contributed by atoms with Gasteiger partial charge >= 0.3 is 12.2 Å². The van der Waals surface area contributed by atoms with Gasteiger partial charge in [0, 0.05) is 41.8 Å². The van der Waals surface area contributed by atoms with E-state index in [1.807, 2.05) is 13.8 Å². The Bertz CT molecular complexity index is 2010. The minimum Gasteiger partial charge on any atom is -0.494 e. The average Bonchev–Trinajstić information content (AvgIpc) is 3.12. The summed E-state index contributed by atoms with van der Waals surface area (Å²) in [5.74, 6) is -0.841. The molecule has 0 atom stereocenters. The van der Waals surface area contributed by atoms with Crippen molar-refractivity contribution in [2.75, 3.05) is 97.7 Å². The highest BCUT2D eigenvalue weighted by atomic mass is 16.6. The van der Waals surface area contributed by atoms with Gasteiger partial charge in [0.15, 0.2) is 0 Å². The second-order valence-electron chi connectivity index (χ2n) is 11.3. The fraction of sp³-hybridized carbons (Fsp3) is 0.529. The fourth-order valence-corrected chi connectivity index (χ4v) is 5.48. The first-order valence-corrected chi connectivity index (χ1v) is 17.0. The van der Waals surface area contributed by atoms with E-state index in [4.69, 9.17) is 38.6 Å². The second kappa shape index (κ2) is 19.8. The van der Waals surface area contributed by atoms with Gasteiger partial charge in [-0.25, -0.2) is 9.59 Å². The summed E-state index contributed by atoms with van der Waals surface area (Å²) in [6.45, 7) is 3.88. The molecule has 4 rings (SSSR count). The predicted molar refractivity (Wildman–Crippen MR) is 187 cm³/mol. The van der Waals surface area contributed by atoms with Crippen LogP contribution in [0.1, 0.15) is 26.7 Å². The van der Waals surface area contributed by atoms with Crippen molar-refractivity contribution in [3.8, 4) is 17.0 Å². The molecule has 2 aromatic rings. The summed E-state index contributed by atoms with van der Waals surface area (Å²) in [7, 11) is 0. The van der Waals surface area contributed by atoms with Gasteiger partial charge < -0.3 is 49.1 Å². The van der Waals surface area contributed by atoms with Crippen LogP contribution in [-0.2, 0) is 28.4 Å². The molecule has 0 radical (unpaired) electrons. The van der Waals surface area contributed by atoms with Gasteiger partial charge in [-0.1, -0.05) is 13.8 Å². The lowest BCUT2D eigenvalue weighted by Gasteiger charge is -2.21. The number of pyridine rings is 2. The number of aromatic hydroxyl groups is 1. The van der Waals surface area contributed by atoms with Gasteiger partial charge in [0.05, 0.1) is 81.1 Å². The van der Waals surface area contributed by atoms with Gasteiger partial charge in [-0.2, -0.15) is 9.13 Å². The average molecular weight is 733 g/mol. The largest absolute Gasteiger partial charge is 0.494 e. The molecular weight excluding hydrogens is 688 g/mol. The highest BCUT2D eigenvalue weighted by Crippen LogP contribution is 2.40. The highest BCUT2D eigenvalue weighted by Gasteiger charge is 2.32. The van der Waals surface area contributed by atoms with Crippen molar-refractivity contribution in [1.29, 1.82) is 0 Å². The smallest absolute Gasteiger partial charge is 0.424 e. The molecule has 1 aliphatic heterocycles. The lowest BCUT2D eigenvalue weighted by atomic mass is 9.89. The summed E-state index contributed by atoms with van der Waals surface area (Å²) < 4.78 is 32.5. The number of carbonyl (C=O) groups excluding carboxylic acids is 2. The predicted octanol–water partition coefficient (Wildman–Crippen LogP) is 0.516. The van der Waals surface area contributed by atoms with E-state index in [0.29, 0.717) is 22.3 Å². The lowest BCUT2D eigenvalue weighted by molar-refractivity contribution is 0.0726. The van der Waals surface area contributed by atoms with Crippen molar-refractivity contribution >= 4 is 39.4 Å². The Morgan fingerprint density at radius 1 is 0.692 bits per heavy atom. The molecule has 2 aliphatic rings. The second-order valence-corrected chi connectivity index (χ2v) is 11.3. The van der Waals surface area contributed by atoms with Gasteiger partial charge in [0.1, 0.15) is 13.2 Å². The number of rotatable bonds is 21. The van der Waals surface area contributed by atoms with Crippen LogP contribution in [-0.4, -0.2) is 129 Å². The van der Waals surface area contributed by atoms with E-state index in [0.717, 1.165) is 12.8 Å². The number of hydrogen-bond donors (Lipinski definition) is 4. The van der Waals surface area contributed by atoms with Crippen molar-refractivity contribution < 1.29 is 53.3 Å².